The monoisotopic (exact) mass is 220 g/mol. The van der Waals surface area contributed by atoms with E-state index in [0.717, 1.165) is 16.7 Å². The lowest BCUT2D eigenvalue weighted by Crippen LogP contribution is -2.08. The highest BCUT2D eigenvalue weighted by Gasteiger charge is 2.15. The second-order valence-electron chi connectivity index (χ2n) is 3.97. The van der Waals surface area contributed by atoms with Crippen LogP contribution in [0.5, 0.6) is 5.75 Å². The quantitative estimate of drug-likeness (QED) is 0.437. The molecular formula is C13H16O3. The molecule has 0 unspecified atom stereocenters. The van der Waals surface area contributed by atoms with E-state index in [9.17, 15) is 9.59 Å². The number of carbonyl (C=O) groups is 2. The third-order valence-electron chi connectivity index (χ3n) is 2.66. The van der Waals surface area contributed by atoms with E-state index >= 15 is 0 Å². The summed E-state index contributed by atoms with van der Waals surface area (Å²) in [5.74, 6) is 0.123. The summed E-state index contributed by atoms with van der Waals surface area (Å²) in [7, 11) is 0. The average Bonchev–Trinajstić information content (AvgIpc) is 2.17. The number of aryl methyl sites for hydroxylation is 1. The standard InChI is InChI=1S/C13H16O3/c1-7-6-12(10(4)14)9(3)13(8(7)2)16-11(5)15/h6H,1-5H3. The smallest absolute Gasteiger partial charge is 0.308 e. The second-order valence-corrected chi connectivity index (χ2v) is 3.97. The number of ether oxygens (including phenoxy) is 1. The van der Waals surface area contributed by atoms with E-state index in [2.05, 4.69) is 0 Å². The van der Waals surface area contributed by atoms with Gasteiger partial charge in [-0.3, -0.25) is 9.59 Å². The van der Waals surface area contributed by atoms with Gasteiger partial charge in [0.1, 0.15) is 5.75 Å². The lowest BCUT2D eigenvalue weighted by atomic mass is 9.97. The third kappa shape index (κ3) is 2.30. The molecule has 1 aromatic carbocycles. The van der Waals surface area contributed by atoms with Crippen LogP contribution in [0.4, 0.5) is 0 Å². The molecule has 0 amide bonds. The third-order valence-corrected chi connectivity index (χ3v) is 2.66. The SMILES string of the molecule is CC(=O)Oc1c(C)c(C)cc(C(C)=O)c1C. The molecule has 1 aromatic rings. The molecule has 0 atom stereocenters. The Labute approximate surface area is 95.4 Å². The van der Waals surface area contributed by atoms with Gasteiger partial charge >= 0.3 is 5.97 Å². The van der Waals surface area contributed by atoms with Crippen LogP contribution in [-0.2, 0) is 4.79 Å². The van der Waals surface area contributed by atoms with Crippen molar-refractivity contribution in [3.8, 4) is 5.75 Å². The minimum absolute atomic E-state index is 0.0194. The van der Waals surface area contributed by atoms with Crippen molar-refractivity contribution in [1.29, 1.82) is 0 Å². The van der Waals surface area contributed by atoms with Gasteiger partial charge in [-0.2, -0.15) is 0 Å². The van der Waals surface area contributed by atoms with Crippen molar-refractivity contribution in [3.63, 3.8) is 0 Å². The first-order chi connectivity index (χ1) is 7.34. The van der Waals surface area contributed by atoms with Crippen LogP contribution in [0.15, 0.2) is 6.07 Å². The first-order valence-electron chi connectivity index (χ1n) is 5.14. The number of ketones is 1. The number of hydrogen-bond donors (Lipinski definition) is 0. The molecule has 0 aliphatic heterocycles. The maximum absolute atomic E-state index is 11.4. The van der Waals surface area contributed by atoms with Crippen molar-refractivity contribution in [3.05, 3.63) is 28.3 Å². The zero-order valence-corrected chi connectivity index (χ0v) is 10.3. The highest BCUT2D eigenvalue weighted by molar-refractivity contribution is 5.96. The summed E-state index contributed by atoms with van der Waals surface area (Å²) in [4.78, 5) is 22.4. The lowest BCUT2D eigenvalue weighted by molar-refractivity contribution is -0.131. The zero-order valence-electron chi connectivity index (χ0n) is 10.3. The predicted octanol–water partition coefficient (Wildman–Crippen LogP) is 2.74. The first kappa shape index (κ1) is 12.4. The summed E-state index contributed by atoms with van der Waals surface area (Å²) in [5.41, 5.74) is 3.19. The number of hydrogen-bond acceptors (Lipinski definition) is 3. The molecule has 0 aliphatic rings. The van der Waals surface area contributed by atoms with E-state index in [0.29, 0.717) is 11.3 Å². The van der Waals surface area contributed by atoms with E-state index in [1.165, 1.54) is 13.8 Å². The molecule has 0 aliphatic carbocycles. The van der Waals surface area contributed by atoms with Gasteiger partial charge in [-0.05, 0) is 44.9 Å². The second kappa shape index (κ2) is 4.47. The van der Waals surface area contributed by atoms with Gasteiger partial charge in [0, 0.05) is 18.1 Å². The van der Waals surface area contributed by atoms with Crippen LogP contribution in [0.25, 0.3) is 0 Å². The largest absolute Gasteiger partial charge is 0.426 e. The predicted molar refractivity (Wildman–Crippen MR) is 62.0 cm³/mol. The maximum atomic E-state index is 11.4. The van der Waals surface area contributed by atoms with Crippen LogP contribution in [0.2, 0.25) is 0 Å². The minimum atomic E-state index is -0.369. The number of benzene rings is 1. The number of esters is 1. The Morgan fingerprint density at radius 1 is 1.06 bits per heavy atom. The maximum Gasteiger partial charge on any atom is 0.308 e. The van der Waals surface area contributed by atoms with E-state index in [4.69, 9.17) is 4.74 Å². The fourth-order valence-electron chi connectivity index (χ4n) is 1.68. The van der Waals surface area contributed by atoms with E-state index in [1.807, 2.05) is 19.9 Å². The van der Waals surface area contributed by atoms with E-state index in [1.54, 1.807) is 6.92 Å². The van der Waals surface area contributed by atoms with Gasteiger partial charge in [-0.1, -0.05) is 0 Å². The molecule has 3 heteroatoms. The van der Waals surface area contributed by atoms with E-state index in [-0.39, 0.29) is 11.8 Å². The molecule has 0 heterocycles. The number of Topliss-reactive ketones (excluding diaryl/α,β-unsaturated/α-hetero) is 1. The molecule has 0 radical (unpaired) electrons. The first-order valence-corrected chi connectivity index (χ1v) is 5.14. The number of rotatable bonds is 2. The summed E-state index contributed by atoms with van der Waals surface area (Å²) in [6.07, 6.45) is 0. The lowest BCUT2D eigenvalue weighted by Gasteiger charge is -2.14. The van der Waals surface area contributed by atoms with Gasteiger partial charge in [0.15, 0.2) is 5.78 Å². The molecule has 16 heavy (non-hydrogen) atoms. The van der Waals surface area contributed by atoms with Gasteiger partial charge in [0.25, 0.3) is 0 Å². The van der Waals surface area contributed by atoms with Gasteiger partial charge in [-0.25, -0.2) is 0 Å². The summed E-state index contributed by atoms with van der Waals surface area (Å²) in [5, 5.41) is 0. The Hall–Kier alpha value is -1.64. The Morgan fingerprint density at radius 2 is 1.62 bits per heavy atom. The summed E-state index contributed by atoms with van der Waals surface area (Å²) < 4.78 is 5.16. The molecule has 0 saturated heterocycles. The fourth-order valence-corrected chi connectivity index (χ4v) is 1.68. The van der Waals surface area contributed by atoms with Crippen molar-refractivity contribution in [2.75, 3.05) is 0 Å². The van der Waals surface area contributed by atoms with Crippen LogP contribution in [-0.4, -0.2) is 11.8 Å². The molecule has 1 rings (SSSR count). The minimum Gasteiger partial charge on any atom is -0.426 e. The van der Waals surface area contributed by atoms with Crippen LogP contribution < -0.4 is 4.74 Å². The van der Waals surface area contributed by atoms with E-state index < -0.39 is 0 Å². The Bertz CT molecular complexity index is 459. The average molecular weight is 220 g/mol. The summed E-state index contributed by atoms with van der Waals surface area (Å²) >= 11 is 0. The van der Waals surface area contributed by atoms with Crippen LogP contribution in [0, 0.1) is 20.8 Å². The molecule has 0 bridgehead atoms. The van der Waals surface area contributed by atoms with Crippen molar-refractivity contribution in [2.45, 2.75) is 34.6 Å². The van der Waals surface area contributed by atoms with Crippen molar-refractivity contribution in [1.82, 2.24) is 0 Å². The van der Waals surface area contributed by atoms with Gasteiger partial charge in [-0.15, -0.1) is 0 Å². The van der Waals surface area contributed by atoms with Crippen molar-refractivity contribution in [2.24, 2.45) is 0 Å². The molecule has 3 nitrogen and oxygen atoms in total. The topological polar surface area (TPSA) is 43.4 Å². The molecule has 0 spiro atoms. The van der Waals surface area contributed by atoms with Gasteiger partial charge in [0.05, 0.1) is 0 Å². The molecule has 0 fully saturated rings. The molecule has 0 N–H and O–H groups in total. The van der Waals surface area contributed by atoms with Crippen LogP contribution in [0.1, 0.15) is 40.9 Å². The Kier molecular flexibility index (Phi) is 3.48. The Morgan fingerprint density at radius 3 is 2.06 bits per heavy atom. The highest BCUT2D eigenvalue weighted by Crippen LogP contribution is 2.29. The van der Waals surface area contributed by atoms with Crippen LogP contribution in [0.3, 0.4) is 0 Å². The zero-order chi connectivity index (χ0) is 12.5. The fraction of sp³-hybridized carbons (Fsp3) is 0.385. The normalized spacial score (nSPS) is 10.1. The summed E-state index contributed by atoms with van der Waals surface area (Å²) in [6, 6.07) is 1.83. The Balaban J connectivity index is 3.45. The molecule has 0 saturated carbocycles. The van der Waals surface area contributed by atoms with Gasteiger partial charge in [0.2, 0.25) is 0 Å². The summed E-state index contributed by atoms with van der Waals surface area (Å²) in [6.45, 7) is 8.43. The van der Waals surface area contributed by atoms with Crippen molar-refractivity contribution < 1.29 is 14.3 Å². The van der Waals surface area contributed by atoms with Crippen LogP contribution >= 0.6 is 0 Å². The molecule has 0 aromatic heterocycles. The molecule has 86 valence electrons. The van der Waals surface area contributed by atoms with Gasteiger partial charge < -0.3 is 4.74 Å². The van der Waals surface area contributed by atoms with Crippen molar-refractivity contribution >= 4 is 11.8 Å². The molecular weight excluding hydrogens is 204 g/mol. The number of carbonyl (C=O) groups excluding carboxylic acids is 2. The highest BCUT2D eigenvalue weighted by atomic mass is 16.5.